The highest BCUT2D eigenvalue weighted by molar-refractivity contribution is 5.96. The fourth-order valence-corrected chi connectivity index (χ4v) is 2.53. The van der Waals surface area contributed by atoms with Gasteiger partial charge in [0.25, 0.3) is 0 Å². The van der Waals surface area contributed by atoms with Crippen molar-refractivity contribution in [3.8, 4) is 0 Å². The number of hydrogen-bond acceptors (Lipinski definition) is 6. The lowest BCUT2D eigenvalue weighted by Crippen LogP contribution is -2.08. The molecule has 3 aromatic rings. The van der Waals surface area contributed by atoms with Crippen LogP contribution in [0.15, 0.2) is 60.8 Å². The Morgan fingerprint density at radius 1 is 1.12 bits per heavy atom. The van der Waals surface area contributed by atoms with Crippen LogP contribution in [0.3, 0.4) is 0 Å². The van der Waals surface area contributed by atoms with Crippen LogP contribution in [0, 0.1) is 6.92 Å². The van der Waals surface area contributed by atoms with E-state index in [1.807, 2.05) is 12.1 Å². The van der Waals surface area contributed by atoms with Crippen LogP contribution in [-0.2, 0) is 11.3 Å². The first-order chi connectivity index (χ1) is 12.7. The maximum atomic E-state index is 11.9. The summed E-state index contributed by atoms with van der Waals surface area (Å²) >= 11 is 0. The Bertz CT molecular complexity index is 912. The van der Waals surface area contributed by atoms with Crippen molar-refractivity contribution < 1.29 is 9.53 Å². The molecule has 3 rings (SSSR count). The number of carbonyl (C=O) groups is 1. The summed E-state index contributed by atoms with van der Waals surface area (Å²) < 4.78 is 4.81. The third-order valence-electron chi connectivity index (χ3n) is 3.78. The maximum Gasteiger partial charge on any atom is 0.339 e. The largest absolute Gasteiger partial charge is 0.465 e. The highest BCUT2D eigenvalue weighted by atomic mass is 16.5. The van der Waals surface area contributed by atoms with Crippen LogP contribution in [0.25, 0.3) is 0 Å². The summed E-state index contributed by atoms with van der Waals surface area (Å²) in [6.45, 7) is 2.69. The molecule has 0 radical (unpaired) electrons. The second-order valence-corrected chi connectivity index (χ2v) is 5.77. The SMILES string of the molecule is COC(=O)c1ccccc1Nc1ccnc(NCc2cccc(C)c2)n1. The average molecular weight is 348 g/mol. The smallest absolute Gasteiger partial charge is 0.339 e. The van der Waals surface area contributed by atoms with Crippen molar-refractivity contribution in [2.75, 3.05) is 17.7 Å². The van der Waals surface area contributed by atoms with Crippen LogP contribution in [-0.4, -0.2) is 23.0 Å². The van der Waals surface area contributed by atoms with Gasteiger partial charge in [0.2, 0.25) is 5.95 Å². The molecule has 0 aliphatic carbocycles. The van der Waals surface area contributed by atoms with Gasteiger partial charge in [0.15, 0.2) is 0 Å². The lowest BCUT2D eigenvalue weighted by Gasteiger charge is -2.11. The maximum absolute atomic E-state index is 11.9. The molecule has 132 valence electrons. The molecule has 0 fully saturated rings. The molecule has 0 bridgehead atoms. The Hall–Kier alpha value is -3.41. The van der Waals surface area contributed by atoms with Crippen molar-refractivity contribution in [2.24, 2.45) is 0 Å². The number of benzene rings is 2. The number of carbonyl (C=O) groups excluding carboxylic acids is 1. The minimum Gasteiger partial charge on any atom is -0.465 e. The summed E-state index contributed by atoms with van der Waals surface area (Å²) in [7, 11) is 1.36. The molecule has 2 aromatic carbocycles. The predicted molar refractivity (Wildman–Crippen MR) is 102 cm³/mol. The van der Waals surface area contributed by atoms with Crippen molar-refractivity contribution in [1.82, 2.24) is 9.97 Å². The number of esters is 1. The van der Waals surface area contributed by atoms with Crippen LogP contribution in [0.1, 0.15) is 21.5 Å². The molecular weight excluding hydrogens is 328 g/mol. The van der Waals surface area contributed by atoms with Gasteiger partial charge in [-0.05, 0) is 30.7 Å². The van der Waals surface area contributed by atoms with Crippen LogP contribution < -0.4 is 10.6 Å². The van der Waals surface area contributed by atoms with Crippen LogP contribution in [0.4, 0.5) is 17.5 Å². The number of nitrogens with zero attached hydrogens (tertiary/aromatic N) is 2. The van der Waals surface area contributed by atoms with E-state index in [0.29, 0.717) is 29.6 Å². The van der Waals surface area contributed by atoms with Gasteiger partial charge < -0.3 is 15.4 Å². The van der Waals surface area contributed by atoms with E-state index < -0.39 is 5.97 Å². The molecule has 0 atom stereocenters. The number of rotatable bonds is 6. The van der Waals surface area contributed by atoms with E-state index in [1.165, 1.54) is 12.7 Å². The molecule has 0 unspecified atom stereocenters. The van der Waals surface area contributed by atoms with Crippen molar-refractivity contribution in [2.45, 2.75) is 13.5 Å². The second kappa shape index (κ2) is 8.11. The van der Waals surface area contributed by atoms with E-state index in [-0.39, 0.29) is 0 Å². The van der Waals surface area contributed by atoms with Crippen molar-refractivity contribution >= 4 is 23.4 Å². The summed E-state index contributed by atoms with van der Waals surface area (Å²) in [4.78, 5) is 20.6. The standard InChI is InChI=1S/C20H20N4O2/c1-14-6-5-7-15(12-14)13-22-20-21-11-10-18(24-20)23-17-9-4-3-8-16(17)19(25)26-2/h3-12H,13H2,1-2H3,(H2,21,22,23,24). The van der Waals surface area contributed by atoms with Crippen LogP contribution in [0.5, 0.6) is 0 Å². The first-order valence-corrected chi connectivity index (χ1v) is 8.22. The number of methoxy groups -OCH3 is 1. The predicted octanol–water partition coefficient (Wildman–Crippen LogP) is 3.93. The number of aromatic nitrogens is 2. The van der Waals surface area contributed by atoms with Crippen molar-refractivity contribution in [3.05, 3.63) is 77.5 Å². The van der Waals surface area contributed by atoms with E-state index >= 15 is 0 Å². The van der Waals surface area contributed by atoms with E-state index in [9.17, 15) is 4.79 Å². The number of ether oxygens (including phenoxy) is 1. The topological polar surface area (TPSA) is 76.1 Å². The molecule has 0 saturated heterocycles. The minimum atomic E-state index is -0.403. The third kappa shape index (κ3) is 4.36. The Kier molecular flexibility index (Phi) is 5.43. The number of hydrogen-bond donors (Lipinski definition) is 2. The fraction of sp³-hybridized carbons (Fsp3) is 0.150. The minimum absolute atomic E-state index is 0.403. The Labute approximate surface area is 152 Å². The van der Waals surface area contributed by atoms with Gasteiger partial charge in [-0.3, -0.25) is 0 Å². The Morgan fingerprint density at radius 2 is 1.96 bits per heavy atom. The molecule has 6 heteroatoms. The summed E-state index contributed by atoms with van der Waals surface area (Å²) in [6.07, 6.45) is 1.66. The van der Waals surface area contributed by atoms with E-state index in [2.05, 4.69) is 45.7 Å². The first kappa shape index (κ1) is 17.4. The lowest BCUT2D eigenvalue weighted by atomic mass is 10.1. The third-order valence-corrected chi connectivity index (χ3v) is 3.78. The molecule has 26 heavy (non-hydrogen) atoms. The summed E-state index contributed by atoms with van der Waals surface area (Å²) in [5.74, 6) is 0.690. The Balaban J connectivity index is 1.73. The van der Waals surface area contributed by atoms with Gasteiger partial charge in [-0.2, -0.15) is 4.98 Å². The summed E-state index contributed by atoms with van der Waals surface area (Å²) in [5.41, 5.74) is 3.44. The zero-order chi connectivity index (χ0) is 18.4. The fourth-order valence-electron chi connectivity index (χ4n) is 2.53. The average Bonchev–Trinajstić information content (AvgIpc) is 2.67. The van der Waals surface area contributed by atoms with E-state index in [0.717, 1.165) is 5.56 Å². The van der Waals surface area contributed by atoms with Gasteiger partial charge in [-0.1, -0.05) is 42.0 Å². The van der Waals surface area contributed by atoms with Crippen LogP contribution >= 0.6 is 0 Å². The molecule has 0 aliphatic rings. The van der Waals surface area contributed by atoms with Crippen molar-refractivity contribution in [1.29, 1.82) is 0 Å². The zero-order valence-electron chi connectivity index (χ0n) is 14.7. The molecule has 1 heterocycles. The molecule has 0 amide bonds. The molecular formula is C20H20N4O2. The lowest BCUT2D eigenvalue weighted by molar-refractivity contribution is 0.0602. The molecule has 0 aliphatic heterocycles. The molecule has 0 saturated carbocycles. The summed E-state index contributed by atoms with van der Waals surface area (Å²) in [5, 5.41) is 6.35. The Morgan fingerprint density at radius 3 is 2.77 bits per heavy atom. The molecule has 0 spiro atoms. The molecule has 1 aromatic heterocycles. The molecule has 2 N–H and O–H groups in total. The van der Waals surface area contributed by atoms with Gasteiger partial charge in [-0.25, -0.2) is 9.78 Å². The number of aryl methyl sites for hydroxylation is 1. The first-order valence-electron chi connectivity index (χ1n) is 8.22. The monoisotopic (exact) mass is 348 g/mol. The van der Waals surface area contributed by atoms with Crippen molar-refractivity contribution in [3.63, 3.8) is 0 Å². The quantitative estimate of drug-likeness (QED) is 0.658. The van der Waals surface area contributed by atoms with Gasteiger partial charge in [0.05, 0.1) is 18.4 Å². The molecule has 6 nitrogen and oxygen atoms in total. The van der Waals surface area contributed by atoms with E-state index in [1.54, 1.807) is 30.5 Å². The van der Waals surface area contributed by atoms with Gasteiger partial charge >= 0.3 is 5.97 Å². The normalized spacial score (nSPS) is 10.2. The van der Waals surface area contributed by atoms with Gasteiger partial charge in [-0.15, -0.1) is 0 Å². The van der Waals surface area contributed by atoms with Gasteiger partial charge in [0, 0.05) is 12.7 Å². The highest BCUT2D eigenvalue weighted by Gasteiger charge is 2.11. The number of anilines is 3. The highest BCUT2D eigenvalue weighted by Crippen LogP contribution is 2.20. The van der Waals surface area contributed by atoms with Gasteiger partial charge in [0.1, 0.15) is 5.82 Å². The number of nitrogens with one attached hydrogen (secondary N) is 2. The van der Waals surface area contributed by atoms with E-state index in [4.69, 9.17) is 4.74 Å². The zero-order valence-corrected chi connectivity index (χ0v) is 14.7. The summed E-state index contributed by atoms with van der Waals surface area (Å²) in [6, 6.07) is 17.1. The second-order valence-electron chi connectivity index (χ2n) is 5.77. The van der Waals surface area contributed by atoms with Crippen LogP contribution in [0.2, 0.25) is 0 Å². The number of para-hydroxylation sites is 1.